The predicted octanol–water partition coefficient (Wildman–Crippen LogP) is 5.29. The fourth-order valence-corrected chi connectivity index (χ4v) is 6.46. The molecule has 0 aromatic carbocycles. The van der Waals surface area contributed by atoms with Crippen molar-refractivity contribution in [1.82, 2.24) is 4.90 Å². The van der Waals surface area contributed by atoms with Gasteiger partial charge in [-0.05, 0) is 55.9 Å². The molecule has 1 aromatic rings. The number of hydrogen-bond donors (Lipinski definition) is 1. The highest BCUT2D eigenvalue weighted by atomic mass is 32.1. The van der Waals surface area contributed by atoms with Gasteiger partial charge in [0.15, 0.2) is 0 Å². The zero-order valence-corrected chi connectivity index (χ0v) is 22.8. The second-order valence-electron chi connectivity index (χ2n) is 11.6. The van der Waals surface area contributed by atoms with Crippen molar-refractivity contribution in [3.63, 3.8) is 0 Å². The normalized spacial score (nSPS) is 25.6. The van der Waals surface area contributed by atoms with E-state index in [0.29, 0.717) is 50.8 Å². The molecule has 0 radical (unpaired) electrons. The highest BCUT2D eigenvalue weighted by molar-refractivity contribution is 7.14. The molecule has 0 bridgehead atoms. The van der Waals surface area contributed by atoms with Gasteiger partial charge in [-0.3, -0.25) is 4.79 Å². The lowest BCUT2D eigenvalue weighted by molar-refractivity contribution is -0.124. The van der Waals surface area contributed by atoms with Crippen molar-refractivity contribution in [2.75, 3.05) is 31.2 Å². The number of piperidine rings is 1. The van der Waals surface area contributed by atoms with Crippen molar-refractivity contribution in [2.45, 2.75) is 90.2 Å². The Morgan fingerprint density at radius 2 is 1.75 bits per heavy atom. The van der Waals surface area contributed by atoms with Crippen molar-refractivity contribution in [2.24, 2.45) is 11.8 Å². The fraction of sp³-hybridized carbons (Fsp3) is 0.741. The van der Waals surface area contributed by atoms with E-state index >= 15 is 0 Å². The number of hydrogen-bond acceptors (Lipinski definition) is 6. The van der Waals surface area contributed by atoms with Gasteiger partial charge in [-0.1, -0.05) is 27.7 Å². The summed E-state index contributed by atoms with van der Waals surface area (Å²) < 4.78 is 10.9. The van der Waals surface area contributed by atoms with Gasteiger partial charge in [-0.25, -0.2) is 9.59 Å². The molecule has 0 spiro atoms. The molecule has 2 aliphatic heterocycles. The lowest BCUT2D eigenvalue weighted by Crippen LogP contribution is -2.51. The number of anilines is 1. The minimum Gasteiger partial charge on any atom is -0.477 e. The number of carbonyl (C=O) groups excluding carboxylic acids is 2. The molecule has 8 nitrogen and oxygen atoms in total. The summed E-state index contributed by atoms with van der Waals surface area (Å²) in [7, 11) is 0. The number of carbonyl (C=O) groups is 3. The van der Waals surface area contributed by atoms with Gasteiger partial charge in [0.25, 0.3) is 0 Å². The van der Waals surface area contributed by atoms with Gasteiger partial charge in [0, 0.05) is 36.3 Å². The van der Waals surface area contributed by atoms with Crippen molar-refractivity contribution in [1.29, 1.82) is 0 Å². The van der Waals surface area contributed by atoms with Crippen LogP contribution in [0.25, 0.3) is 0 Å². The van der Waals surface area contributed by atoms with Crippen LogP contribution in [0.1, 0.15) is 87.2 Å². The monoisotopic (exact) mass is 520 g/mol. The molecule has 0 unspecified atom stereocenters. The molecule has 2 amide bonds. The zero-order valence-electron chi connectivity index (χ0n) is 22.0. The Balaban J connectivity index is 1.57. The molecule has 2 saturated heterocycles. The highest BCUT2D eigenvalue weighted by Gasteiger charge is 2.39. The van der Waals surface area contributed by atoms with E-state index in [4.69, 9.17) is 9.47 Å². The van der Waals surface area contributed by atoms with E-state index in [9.17, 15) is 19.5 Å². The van der Waals surface area contributed by atoms with Gasteiger partial charge in [0.1, 0.15) is 11.0 Å². The van der Waals surface area contributed by atoms with E-state index in [1.54, 1.807) is 9.80 Å². The molecule has 9 heteroatoms. The highest BCUT2D eigenvalue weighted by Crippen LogP contribution is 2.41. The first kappa shape index (κ1) is 26.9. The average Bonchev–Trinajstić information content (AvgIpc) is 3.50. The third kappa shape index (κ3) is 6.05. The number of carboxylic acid groups (broad SMARTS) is 1. The number of amides is 2. The molecule has 3 fully saturated rings. The average molecular weight is 521 g/mol. The van der Waals surface area contributed by atoms with Crippen molar-refractivity contribution >= 4 is 35.0 Å². The Morgan fingerprint density at radius 1 is 1.08 bits per heavy atom. The summed E-state index contributed by atoms with van der Waals surface area (Å²) in [6.07, 6.45) is 5.08. The van der Waals surface area contributed by atoms with Crippen LogP contribution >= 0.6 is 11.3 Å². The third-order valence-corrected chi connectivity index (χ3v) is 9.29. The maximum Gasteiger partial charge on any atom is 0.410 e. The Labute approximate surface area is 217 Å². The maximum absolute atomic E-state index is 14.0. The smallest absolute Gasteiger partial charge is 0.410 e. The molecule has 4 rings (SSSR count). The first-order valence-corrected chi connectivity index (χ1v) is 14.1. The summed E-state index contributed by atoms with van der Waals surface area (Å²) in [4.78, 5) is 43.6. The largest absolute Gasteiger partial charge is 0.477 e. The molecular weight excluding hydrogens is 480 g/mol. The van der Waals surface area contributed by atoms with Gasteiger partial charge in [0.2, 0.25) is 5.91 Å². The first-order valence-electron chi connectivity index (χ1n) is 13.3. The number of carboxylic acids is 1. The second kappa shape index (κ2) is 11.1. The summed E-state index contributed by atoms with van der Waals surface area (Å²) in [6, 6.07) is 1.76. The van der Waals surface area contributed by atoms with Crippen molar-refractivity contribution in [3.05, 3.63) is 15.8 Å². The van der Waals surface area contributed by atoms with Crippen LogP contribution < -0.4 is 4.90 Å². The van der Waals surface area contributed by atoms with Crippen LogP contribution in [-0.4, -0.2) is 66.4 Å². The van der Waals surface area contributed by atoms with E-state index in [-0.39, 0.29) is 40.4 Å². The van der Waals surface area contributed by atoms with E-state index in [1.165, 1.54) is 11.3 Å². The van der Waals surface area contributed by atoms with Gasteiger partial charge >= 0.3 is 12.1 Å². The van der Waals surface area contributed by atoms with Crippen molar-refractivity contribution in [3.8, 4) is 0 Å². The van der Waals surface area contributed by atoms with Crippen molar-refractivity contribution < 1.29 is 29.0 Å². The SMILES string of the molecule is CC1CCC(C(=O)N(c2cc(C(C)(C)C)sc2C(=O)O)C2CCN(C(=O)O[C@H]3CCOC3)CC2)CC1. The van der Waals surface area contributed by atoms with Crippen LogP contribution in [0.4, 0.5) is 10.5 Å². The molecule has 1 saturated carbocycles. The first-order chi connectivity index (χ1) is 17.0. The lowest BCUT2D eigenvalue weighted by atomic mass is 9.82. The molecule has 36 heavy (non-hydrogen) atoms. The zero-order chi connectivity index (χ0) is 26.0. The summed E-state index contributed by atoms with van der Waals surface area (Å²) in [5, 5.41) is 10.1. The topological polar surface area (TPSA) is 96.4 Å². The van der Waals surface area contributed by atoms with Crippen LogP contribution in [0.5, 0.6) is 0 Å². The molecule has 3 heterocycles. The van der Waals surface area contributed by atoms with E-state index < -0.39 is 5.97 Å². The van der Waals surface area contributed by atoms with Crippen LogP contribution in [0, 0.1) is 11.8 Å². The summed E-state index contributed by atoms with van der Waals surface area (Å²) in [5.41, 5.74) is 0.296. The van der Waals surface area contributed by atoms with Gasteiger partial charge in [-0.15, -0.1) is 11.3 Å². The number of nitrogens with zero attached hydrogens (tertiary/aromatic N) is 2. The van der Waals surface area contributed by atoms with E-state index in [1.807, 2.05) is 6.07 Å². The number of thiophene rings is 1. The second-order valence-corrected chi connectivity index (χ2v) is 12.7. The Hall–Kier alpha value is -2.13. The van der Waals surface area contributed by atoms with Crippen LogP contribution in [-0.2, 0) is 19.7 Å². The third-order valence-electron chi connectivity index (χ3n) is 7.75. The molecule has 1 aromatic heterocycles. The maximum atomic E-state index is 14.0. The number of aromatic carboxylic acids is 1. The molecule has 200 valence electrons. The number of ether oxygens (including phenoxy) is 2. The molecule has 1 N–H and O–H groups in total. The Morgan fingerprint density at radius 3 is 2.31 bits per heavy atom. The minimum atomic E-state index is -1.000. The van der Waals surface area contributed by atoms with Crippen LogP contribution in [0.15, 0.2) is 6.07 Å². The van der Waals surface area contributed by atoms with E-state index in [2.05, 4.69) is 27.7 Å². The Kier molecular flexibility index (Phi) is 8.29. The lowest BCUT2D eigenvalue weighted by Gasteiger charge is -2.40. The number of likely N-dealkylation sites (tertiary alicyclic amines) is 1. The molecule has 1 aliphatic carbocycles. The van der Waals surface area contributed by atoms with Crippen LogP contribution in [0.2, 0.25) is 0 Å². The minimum absolute atomic E-state index is 0.0341. The van der Waals surface area contributed by atoms with Gasteiger partial charge in [-0.2, -0.15) is 0 Å². The summed E-state index contributed by atoms with van der Waals surface area (Å²) >= 11 is 1.26. The van der Waals surface area contributed by atoms with Gasteiger partial charge < -0.3 is 24.4 Å². The fourth-order valence-electron chi connectivity index (χ4n) is 5.41. The standard InChI is InChI=1S/C27H40N2O6S/c1-17-5-7-18(8-6-17)24(30)29(21-15-22(27(2,3)4)36-23(21)25(31)32)19-9-12-28(13-10-19)26(33)35-20-11-14-34-16-20/h15,17-20H,5-14,16H2,1-4H3,(H,31,32)/t17?,18?,20-/m0/s1. The quantitative estimate of drug-likeness (QED) is 0.567. The summed E-state index contributed by atoms with van der Waals surface area (Å²) in [5.74, 6) is -0.441. The van der Waals surface area contributed by atoms with E-state index in [0.717, 1.165) is 37.0 Å². The molecular formula is C27H40N2O6S. The Bertz CT molecular complexity index is 948. The predicted molar refractivity (Wildman–Crippen MR) is 139 cm³/mol. The number of rotatable bonds is 5. The van der Waals surface area contributed by atoms with Gasteiger partial charge in [0.05, 0.1) is 18.9 Å². The molecule has 1 atom stereocenters. The summed E-state index contributed by atoms with van der Waals surface area (Å²) in [6.45, 7) is 10.4. The van der Waals surface area contributed by atoms with Crippen LogP contribution in [0.3, 0.4) is 0 Å². The molecule has 3 aliphatic rings.